The number of hydrogen-bond donors (Lipinski definition) is 1. The lowest BCUT2D eigenvalue weighted by molar-refractivity contribution is 0.474. The maximum Gasteiger partial charge on any atom is 0.270 e. The van der Waals surface area contributed by atoms with Crippen molar-refractivity contribution in [3.8, 4) is 39.6 Å². The highest BCUT2D eigenvalue weighted by atomic mass is 16.3. The van der Waals surface area contributed by atoms with E-state index in [0.29, 0.717) is 22.9 Å². The van der Waals surface area contributed by atoms with Crippen LogP contribution in [0, 0.1) is 6.57 Å². The molecule has 2 aromatic heterocycles. The van der Waals surface area contributed by atoms with Crippen molar-refractivity contribution >= 4 is 16.9 Å². The second kappa shape index (κ2) is 7.19. The molecule has 0 aliphatic heterocycles. The van der Waals surface area contributed by atoms with Crippen LogP contribution in [-0.2, 0) is 0 Å². The average Bonchev–Trinajstić information content (AvgIpc) is 3.23. The van der Waals surface area contributed by atoms with Crippen molar-refractivity contribution in [2.45, 2.75) is 0 Å². The van der Waals surface area contributed by atoms with Gasteiger partial charge in [0, 0.05) is 11.1 Å². The number of rotatable bonds is 3. The predicted molar refractivity (Wildman–Crippen MR) is 116 cm³/mol. The van der Waals surface area contributed by atoms with E-state index in [4.69, 9.17) is 11.0 Å². The van der Waals surface area contributed by atoms with Crippen LogP contribution in [0.1, 0.15) is 0 Å². The molecule has 30 heavy (non-hydrogen) atoms. The first-order valence-electron chi connectivity index (χ1n) is 9.36. The number of para-hydroxylation sites is 2. The molecule has 5 rings (SSSR count). The van der Waals surface area contributed by atoms with Crippen molar-refractivity contribution in [1.82, 2.24) is 9.97 Å². The Morgan fingerprint density at radius 2 is 1.53 bits per heavy atom. The van der Waals surface area contributed by atoms with Crippen molar-refractivity contribution in [3.05, 3.63) is 96.3 Å². The lowest BCUT2D eigenvalue weighted by Crippen LogP contribution is -1.86. The van der Waals surface area contributed by atoms with Crippen molar-refractivity contribution in [2.24, 2.45) is 0 Å². The van der Waals surface area contributed by atoms with E-state index in [-0.39, 0.29) is 5.75 Å². The lowest BCUT2D eigenvalue weighted by Gasteiger charge is -2.05. The first kappa shape index (κ1) is 17.7. The minimum absolute atomic E-state index is 0.123. The van der Waals surface area contributed by atoms with E-state index in [9.17, 15) is 5.11 Å². The molecule has 0 saturated carbocycles. The van der Waals surface area contributed by atoms with E-state index in [1.54, 1.807) is 24.3 Å². The van der Waals surface area contributed by atoms with Crippen LogP contribution in [0.5, 0.6) is 5.75 Å². The summed E-state index contributed by atoms with van der Waals surface area (Å²) in [4.78, 5) is 12.5. The topological polar surface area (TPSA) is 63.5 Å². The average molecular weight is 389 g/mol. The van der Waals surface area contributed by atoms with E-state index in [1.165, 1.54) is 0 Å². The standard InChI is InChI=1S/C25H15N3O2/c1-26-23-14-6-11-20(27-23)17-8-4-7-16(15-17)18-10-5-13-22-24(18)28-25(30-22)19-9-2-3-12-21(19)29/h2-15,29H. The fourth-order valence-electron chi connectivity index (χ4n) is 3.44. The molecule has 3 aromatic carbocycles. The van der Waals surface area contributed by atoms with E-state index in [0.717, 1.165) is 27.9 Å². The molecule has 0 aliphatic carbocycles. The highest BCUT2D eigenvalue weighted by molar-refractivity contribution is 5.93. The highest BCUT2D eigenvalue weighted by Crippen LogP contribution is 2.35. The monoisotopic (exact) mass is 389 g/mol. The fourth-order valence-corrected chi connectivity index (χ4v) is 3.44. The second-order valence-corrected chi connectivity index (χ2v) is 6.76. The summed E-state index contributed by atoms with van der Waals surface area (Å²) in [6.07, 6.45) is 0. The third-order valence-corrected chi connectivity index (χ3v) is 4.87. The quantitative estimate of drug-likeness (QED) is 0.359. The number of fused-ring (bicyclic) bond motifs is 1. The molecule has 0 atom stereocenters. The van der Waals surface area contributed by atoms with Crippen molar-refractivity contribution in [1.29, 1.82) is 0 Å². The molecule has 5 heteroatoms. The molecular weight excluding hydrogens is 374 g/mol. The van der Waals surface area contributed by atoms with Crippen LogP contribution in [0.25, 0.3) is 49.8 Å². The molecule has 5 nitrogen and oxygen atoms in total. The number of oxazole rings is 1. The normalized spacial score (nSPS) is 10.8. The molecule has 142 valence electrons. The van der Waals surface area contributed by atoms with Crippen LogP contribution in [0.2, 0.25) is 0 Å². The molecule has 1 N–H and O–H groups in total. The molecule has 0 aliphatic rings. The van der Waals surface area contributed by atoms with Gasteiger partial charge in [0.25, 0.3) is 5.82 Å². The maximum absolute atomic E-state index is 10.2. The van der Waals surface area contributed by atoms with E-state index in [1.807, 2.05) is 60.7 Å². The van der Waals surface area contributed by atoms with Crippen LogP contribution in [0.15, 0.2) is 89.3 Å². The molecular formula is C25H15N3O2. The van der Waals surface area contributed by atoms with Gasteiger partial charge in [0.2, 0.25) is 5.89 Å². The van der Waals surface area contributed by atoms with Gasteiger partial charge in [0.05, 0.1) is 5.56 Å². The van der Waals surface area contributed by atoms with Gasteiger partial charge in [0.15, 0.2) is 11.3 Å². The van der Waals surface area contributed by atoms with Crippen LogP contribution >= 0.6 is 0 Å². The van der Waals surface area contributed by atoms with Crippen LogP contribution in [0.3, 0.4) is 0 Å². The zero-order valence-corrected chi connectivity index (χ0v) is 15.8. The Morgan fingerprint density at radius 3 is 2.40 bits per heavy atom. The molecule has 0 saturated heterocycles. The summed E-state index contributed by atoms with van der Waals surface area (Å²) in [5.41, 5.74) is 5.45. The zero-order valence-electron chi connectivity index (χ0n) is 15.8. The van der Waals surface area contributed by atoms with Gasteiger partial charge in [-0.1, -0.05) is 55.1 Å². The molecule has 0 radical (unpaired) electrons. The first-order valence-corrected chi connectivity index (χ1v) is 9.36. The number of phenols is 1. The van der Waals surface area contributed by atoms with Gasteiger partial charge >= 0.3 is 0 Å². The van der Waals surface area contributed by atoms with Gasteiger partial charge in [-0.05, 0) is 42.0 Å². The number of benzene rings is 3. The smallest absolute Gasteiger partial charge is 0.270 e. The van der Waals surface area contributed by atoms with Gasteiger partial charge in [-0.15, -0.1) is 4.98 Å². The fraction of sp³-hybridized carbons (Fsp3) is 0. The Kier molecular flexibility index (Phi) is 4.23. The Bertz CT molecular complexity index is 1430. The van der Waals surface area contributed by atoms with Gasteiger partial charge in [-0.3, -0.25) is 0 Å². The number of hydrogen-bond acceptors (Lipinski definition) is 4. The summed E-state index contributed by atoms with van der Waals surface area (Å²) in [6.45, 7) is 7.18. The summed E-state index contributed by atoms with van der Waals surface area (Å²) in [5, 5.41) is 10.2. The number of nitrogens with zero attached hydrogens (tertiary/aromatic N) is 3. The van der Waals surface area contributed by atoms with Crippen molar-refractivity contribution < 1.29 is 9.52 Å². The Morgan fingerprint density at radius 1 is 0.767 bits per heavy atom. The van der Waals surface area contributed by atoms with Crippen LogP contribution < -0.4 is 0 Å². The molecule has 5 aromatic rings. The predicted octanol–water partition coefficient (Wildman–Crippen LogP) is 6.48. The molecule has 0 amide bonds. The summed E-state index contributed by atoms with van der Waals surface area (Å²) >= 11 is 0. The summed E-state index contributed by atoms with van der Waals surface area (Å²) < 4.78 is 5.93. The zero-order chi connectivity index (χ0) is 20.5. The van der Waals surface area contributed by atoms with Gasteiger partial charge in [0.1, 0.15) is 11.3 Å². The number of aromatic hydroxyl groups is 1. The maximum atomic E-state index is 10.2. The minimum atomic E-state index is 0.123. The Balaban J connectivity index is 1.63. The summed E-state index contributed by atoms with van der Waals surface area (Å²) in [7, 11) is 0. The highest BCUT2D eigenvalue weighted by Gasteiger charge is 2.15. The molecule has 0 unspecified atom stereocenters. The van der Waals surface area contributed by atoms with Gasteiger partial charge in [-0.25, -0.2) is 4.98 Å². The molecule has 0 bridgehead atoms. The largest absolute Gasteiger partial charge is 0.507 e. The van der Waals surface area contributed by atoms with Crippen LogP contribution in [-0.4, -0.2) is 15.1 Å². The molecule has 0 spiro atoms. The third kappa shape index (κ3) is 3.07. The SMILES string of the molecule is [C-]#[N+]c1cccc(-c2cccc(-c3cccc4oc(-c5ccccc5O)nc34)c2)n1. The Labute approximate surface area is 172 Å². The van der Waals surface area contributed by atoms with Crippen LogP contribution in [0.4, 0.5) is 5.82 Å². The molecule has 2 heterocycles. The van der Waals surface area contributed by atoms with Gasteiger partial charge < -0.3 is 14.4 Å². The second-order valence-electron chi connectivity index (χ2n) is 6.76. The lowest BCUT2D eigenvalue weighted by atomic mass is 10.0. The summed E-state index contributed by atoms with van der Waals surface area (Å²) in [5.74, 6) is 0.861. The Hall–Kier alpha value is -4.43. The number of pyridine rings is 1. The first-order chi connectivity index (χ1) is 14.7. The van der Waals surface area contributed by atoms with E-state index >= 15 is 0 Å². The van der Waals surface area contributed by atoms with E-state index < -0.39 is 0 Å². The minimum Gasteiger partial charge on any atom is -0.507 e. The van der Waals surface area contributed by atoms with Gasteiger partial charge in [-0.2, -0.15) is 0 Å². The number of aromatic nitrogens is 2. The van der Waals surface area contributed by atoms with Crippen molar-refractivity contribution in [3.63, 3.8) is 0 Å². The third-order valence-electron chi connectivity index (χ3n) is 4.87. The number of phenolic OH excluding ortho intramolecular Hbond substituents is 1. The summed E-state index contributed by atoms with van der Waals surface area (Å²) in [6, 6.07) is 26.1. The molecule has 0 fully saturated rings. The van der Waals surface area contributed by atoms with E-state index in [2.05, 4.69) is 14.8 Å². The van der Waals surface area contributed by atoms with Crippen molar-refractivity contribution in [2.75, 3.05) is 0 Å².